The fourth-order valence-corrected chi connectivity index (χ4v) is 6.32. The number of likely N-dealkylation sites (tertiary alicyclic amines) is 1. The fourth-order valence-electron chi connectivity index (χ4n) is 6.19. The number of amides is 3. The number of nitrogens with zero attached hydrogens (tertiary/aromatic N) is 1. The highest BCUT2D eigenvalue weighted by Crippen LogP contribution is 2.55. The van der Waals surface area contributed by atoms with E-state index in [9.17, 15) is 14.4 Å². The SMILES string of the molecule is CC(C)CCN1C(=O)C2C(C(=O)Nc3ccc(Cl)cc3)C3C=CC2(O3)C1C(=O)NC1CCCCC1. The predicted molar refractivity (Wildman–Crippen MR) is 134 cm³/mol. The van der Waals surface area contributed by atoms with Gasteiger partial charge in [0.1, 0.15) is 11.6 Å². The molecule has 0 aromatic heterocycles. The van der Waals surface area contributed by atoms with Crippen molar-refractivity contribution in [3.05, 3.63) is 41.4 Å². The topological polar surface area (TPSA) is 87.7 Å². The number of benzene rings is 1. The van der Waals surface area contributed by atoms with Crippen LogP contribution in [0.2, 0.25) is 5.02 Å². The van der Waals surface area contributed by atoms with Crippen LogP contribution in [0.25, 0.3) is 0 Å². The van der Waals surface area contributed by atoms with E-state index in [1.54, 1.807) is 29.2 Å². The molecular weight excluding hydrogens is 466 g/mol. The summed E-state index contributed by atoms with van der Waals surface area (Å²) in [6, 6.07) is 6.22. The Kier molecular flexibility index (Phi) is 6.66. The Morgan fingerprint density at radius 1 is 1.14 bits per heavy atom. The lowest BCUT2D eigenvalue weighted by Gasteiger charge is -2.34. The minimum atomic E-state index is -1.11. The Balaban J connectivity index is 1.42. The van der Waals surface area contributed by atoms with Gasteiger partial charge in [0, 0.05) is 23.3 Å². The van der Waals surface area contributed by atoms with Gasteiger partial charge in [0.25, 0.3) is 0 Å². The van der Waals surface area contributed by atoms with Gasteiger partial charge < -0.3 is 20.3 Å². The van der Waals surface area contributed by atoms with Crippen LogP contribution >= 0.6 is 11.6 Å². The molecule has 0 radical (unpaired) electrons. The molecule has 5 unspecified atom stereocenters. The van der Waals surface area contributed by atoms with Crippen molar-refractivity contribution in [3.8, 4) is 0 Å². The van der Waals surface area contributed by atoms with Crippen LogP contribution in [0.4, 0.5) is 5.69 Å². The van der Waals surface area contributed by atoms with E-state index in [2.05, 4.69) is 24.5 Å². The first kappa shape index (κ1) is 24.3. The highest BCUT2D eigenvalue weighted by molar-refractivity contribution is 6.30. The molecule has 1 spiro atoms. The first-order valence-electron chi connectivity index (χ1n) is 12.8. The molecule has 7 nitrogen and oxygen atoms in total. The number of ether oxygens (including phenoxy) is 1. The molecule has 3 amide bonds. The summed E-state index contributed by atoms with van der Waals surface area (Å²) in [4.78, 5) is 42.6. The van der Waals surface area contributed by atoms with E-state index >= 15 is 0 Å². The predicted octanol–water partition coefficient (Wildman–Crippen LogP) is 3.92. The first-order valence-corrected chi connectivity index (χ1v) is 13.2. The summed E-state index contributed by atoms with van der Waals surface area (Å²) >= 11 is 5.97. The number of carbonyl (C=O) groups is 3. The first-order chi connectivity index (χ1) is 16.8. The molecular formula is C27H34ClN3O4. The number of hydrogen-bond donors (Lipinski definition) is 2. The maximum absolute atomic E-state index is 13.8. The summed E-state index contributed by atoms with van der Waals surface area (Å²) in [5, 5.41) is 6.71. The van der Waals surface area contributed by atoms with E-state index in [0.717, 1.165) is 32.1 Å². The Morgan fingerprint density at radius 2 is 1.86 bits per heavy atom. The minimum absolute atomic E-state index is 0.125. The average Bonchev–Trinajstić information content (AvgIpc) is 3.47. The number of nitrogens with one attached hydrogen (secondary N) is 2. The molecule has 2 saturated heterocycles. The largest absolute Gasteiger partial charge is 0.359 e. The molecule has 1 saturated carbocycles. The normalized spacial score (nSPS) is 31.8. The molecule has 3 aliphatic heterocycles. The molecule has 3 heterocycles. The van der Waals surface area contributed by atoms with Crippen LogP contribution in [0.3, 0.4) is 0 Å². The Bertz CT molecular complexity index is 1020. The zero-order valence-electron chi connectivity index (χ0n) is 20.3. The second-order valence-electron chi connectivity index (χ2n) is 10.8. The van der Waals surface area contributed by atoms with E-state index in [0.29, 0.717) is 23.2 Å². The quantitative estimate of drug-likeness (QED) is 0.556. The number of hydrogen-bond acceptors (Lipinski definition) is 4. The number of halogens is 1. The smallest absolute Gasteiger partial charge is 0.246 e. The van der Waals surface area contributed by atoms with E-state index in [1.807, 2.05) is 12.2 Å². The van der Waals surface area contributed by atoms with E-state index in [1.165, 1.54) is 6.42 Å². The van der Waals surface area contributed by atoms with E-state index < -0.39 is 29.6 Å². The van der Waals surface area contributed by atoms with Crippen LogP contribution in [-0.4, -0.2) is 53.0 Å². The van der Waals surface area contributed by atoms with Gasteiger partial charge in [-0.2, -0.15) is 0 Å². The summed E-state index contributed by atoms with van der Waals surface area (Å²) in [7, 11) is 0. The summed E-state index contributed by atoms with van der Waals surface area (Å²) < 4.78 is 6.39. The maximum atomic E-state index is 13.8. The van der Waals surface area contributed by atoms with Gasteiger partial charge in [-0.05, 0) is 49.4 Å². The molecule has 3 fully saturated rings. The van der Waals surface area contributed by atoms with Crippen LogP contribution in [0.5, 0.6) is 0 Å². The van der Waals surface area contributed by atoms with Crippen LogP contribution in [0.15, 0.2) is 36.4 Å². The molecule has 8 heteroatoms. The highest BCUT2D eigenvalue weighted by atomic mass is 35.5. The van der Waals surface area contributed by atoms with Gasteiger partial charge in [-0.25, -0.2) is 0 Å². The standard InChI is InChI=1S/C27H34ClN3O4/c1-16(2)13-15-31-23(25(33)30-18-6-4-3-5-7-18)27-14-12-20(35-27)21(22(27)26(31)34)24(32)29-19-10-8-17(28)9-11-19/h8-12,14,16,18,20-23H,3-7,13,15H2,1-2H3,(H,29,32)(H,30,33). The molecule has 188 valence electrons. The molecule has 5 rings (SSSR count). The average molecular weight is 500 g/mol. The van der Waals surface area contributed by atoms with Crippen LogP contribution in [0.1, 0.15) is 52.4 Å². The van der Waals surface area contributed by atoms with Crippen molar-refractivity contribution in [2.45, 2.75) is 76.2 Å². The second kappa shape index (κ2) is 9.58. The molecule has 35 heavy (non-hydrogen) atoms. The molecule has 1 aromatic carbocycles. The van der Waals surface area contributed by atoms with Crippen LogP contribution in [0, 0.1) is 17.8 Å². The van der Waals surface area contributed by atoms with Crippen molar-refractivity contribution in [2.75, 3.05) is 11.9 Å². The third kappa shape index (κ3) is 4.38. The van der Waals surface area contributed by atoms with Crippen molar-refractivity contribution >= 4 is 35.0 Å². The zero-order valence-corrected chi connectivity index (χ0v) is 21.1. The molecule has 2 bridgehead atoms. The summed E-state index contributed by atoms with van der Waals surface area (Å²) in [5.41, 5.74) is -0.506. The molecule has 4 aliphatic rings. The summed E-state index contributed by atoms with van der Waals surface area (Å²) in [6.45, 7) is 4.66. The lowest BCUT2D eigenvalue weighted by Crippen LogP contribution is -2.56. The number of anilines is 1. The van der Waals surface area contributed by atoms with Crippen molar-refractivity contribution in [1.82, 2.24) is 10.2 Å². The Morgan fingerprint density at radius 3 is 2.54 bits per heavy atom. The monoisotopic (exact) mass is 499 g/mol. The Labute approximate surface area is 211 Å². The molecule has 1 aliphatic carbocycles. The highest BCUT2D eigenvalue weighted by Gasteiger charge is 2.72. The van der Waals surface area contributed by atoms with Gasteiger partial charge >= 0.3 is 0 Å². The zero-order chi connectivity index (χ0) is 24.7. The van der Waals surface area contributed by atoms with E-state index in [4.69, 9.17) is 16.3 Å². The second-order valence-corrected chi connectivity index (χ2v) is 11.2. The number of fused-ring (bicyclic) bond motifs is 1. The lowest BCUT2D eigenvalue weighted by atomic mass is 9.74. The molecule has 5 atom stereocenters. The molecule has 1 aromatic rings. The Hall–Kier alpha value is -2.38. The van der Waals surface area contributed by atoms with Crippen LogP contribution in [-0.2, 0) is 19.1 Å². The lowest BCUT2D eigenvalue weighted by molar-refractivity contribution is -0.141. The van der Waals surface area contributed by atoms with Crippen LogP contribution < -0.4 is 10.6 Å². The van der Waals surface area contributed by atoms with Gasteiger partial charge in [-0.15, -0.1) is 0 Å². The molecule has 2 N–H and O–H groups in total. The van der Waals surface area contributed by atoms with E-state index in [-0.39, 0.29) is 23.8 Å². The number of carbonyl (C=O) groups excluding carboxylic acids is 3. The van der Waals surface area contributed by atoms with Crippen molar-refractivity contribution in [1.29, 1.82) is 0 Å². The number of rotatable bonds is 7. The summed E-state index contributed by atoms with van der Waals surface area (Å²) in [6.07, 6.45) is 9.27. The third-order valence-corrected chi connectivity index (χ3v) is 8.19. The van der Waals surface area contributed by atoms with Gasteiger partial charge in [0.2, 0.25) is 17.7 Å². The van der Waals surface area contributed by atoms with Crippen molar-refractivity contribution in [2.24, 2.45) is 17.8 Å². The van der Waals surface area contributed by atoms with Gasteiger partial charge in [0.05, 0.1) is 17.9 Å². The van der Waals surface area contributed by atoms with Gasteiger partial charge in [-0.1, -0.05) is 56.9 Å². The maximum Gasteiger partial charge on any atom is 0.246 e. The van der Waals surface area contributed by atoms with Crippen molar-refractivity contribution < 1.29 is 19.1 Å². The third-order valence-electron chi connectivity index (χ3n) is 7.94. The van der Waals surface area contributed by atoms with Gasteiger partial charge in [-0.3, -0.25) is 14.4 Å². The summed E-state index contributed by atoms with van der Waals surface area (Å²) in [5.74, 6) is -1.66. The van der Waals surface area contributed by atoms with Gasteiger partial charge in [0.15, 0.2) is 0 Å². The fraction of sp³-hybridized carbons (Fsp3) is 0.593. The van der Waals surface area contributed by atoms with Crippen molar-refractivity contribution in [3.63, 3.8) is 0 Å². The minimum Gasteiger partial charge on any atom is -0.359 e.